The number of hydrogen-bond acceptors (Lipinski definition) is 2. The second kappa shape index (κ2) is 2.93. The predicted molar refractivity (Wildman–Crippen MR) is 28.8 cm³/mol. The van der Waals surface area contributed by atoms with Crippen LogP contribution in [0.25, 0.3) is 0 Å². The van der Waals surface area contributed by atoms with E-state index in [0.717, 1.165) is 4.72 Å². The van der Waals surface area contributed by atoms with E-state index in [1.54, 1.807) is 0 Å². The Kier molecular flexibility index (Phi) is 2.93. The van der Waals surface area contributed by atoms with Crippen molar-refractivity contribution < 1.29 is 21.6 Å². The van der Waals surface area contributed by atoms with E-state index >= 15 is 0 Å². The van der Waals surface area contributed by atoms with Crippen molar-refractivity contribution in [3.8, 4) is 0 Å². The summed E-state index contributed by atoms with van der Waals surface area (Å²) in [5, 5.41) is 0. The Morgan fingerprint density at radius 1 is 1.40 bits per heavy atom. The average molecular weight is 198 g/mol. The van der Waals surface area contributed by atoms with Gasteiger partial charge in [-0.2, -0.15) is 26.3 Å². The fraction of sp³-hybridized carbons (Fsp3) is 1.00. The molecule has 8 heteroatoms. The summed E-state index contributed by atoms with van der Waals surface area (Å²) in [7, 11) is 0.145. The van der Waals surface area contributed by atoms with Crippen LogP contribution in [-0.4, -0.2) is 21.1 Å². The summed E-state index contributed by atoms with van der Waals surface area (Å²) < 4.78 is 54.3. The van der Waals surface area contributed by atoms with Gasteiger partial charge in [0.05, 0.1) is 0 Å². The largest absolute Gasteiger partial charge is 0.402 e. The number of nitrogens with one attached hydrogen (secondary N) is 1. The molecular formula is C2H3ClF3NO2S. The second-order valence-corrected chi connectivity index (χ2v) is 3.76. The number of alkyl halides is 3. The molecule has 0 saturated heterocycles. The first-order chi connectivity index (χ1) is 4.21. The van der Waals surface area contributed by atoms with Gasteiger partial charge in [-0.25, -0.2) is 0 Å². The van der Waals surface area contributed by atoms with Crippen LogP contribution in [0.3, 0.4) is 0 Å². The van der Waals surface area contributed by atoms with Crippen LogP contribution in [0.4, 0.5) is 13.2 Å². The highest BCUT2D eigenvalue weighted by molar-refractivity contribution is 8.12. The maximum Gasteiger partial charge on any atom is 0.402 e. The molecule has 3 nitrogen and oxygen atoms in total. The van der Waals surface area contributed by atoms with Gasteiger partial charge in [-0.15, -0.1) is 0 Å². The highest BCUT2D eigenvalue weighted by Crippen LogP contribution is 2.12. The van der Waals surface area contributed by atoms with Crippen molar-refractivity contribution in [2.75, 3.05) is 6.54 Å². The van der Waals surface area contributed by atoms with E-state index in [2.05, 4.69) is 10.7 Å². The molecule has 0 bridgehead atoms. The van der Waals surface area contributed by atoms with Crippen LogP contribution in [0, 0.1) is 0 Å². The van der Waals surface area contributed by atoms with Crippen molar-refractivity contribution in [1.29, 1.82) is 0 Å². The van der Waals surface area contributed by atoms with Crippen molar-refractivity contribution in [2.45, 2.75) is 6.18 Å². The first kappa shape index (κ1) is 9.99. The minimum absolute atomic E-state index is 1.07. The predicted octanol–water partition coefficient (Wildman–Crippen LogP) is 0.622. The molecule has 1 N–H and O–H groups in total. The fourth-order valence-corrected chi connectivity index (χ4v) is 0.668. The van der Waals surface area contributed by atoms with Crippen LogP contribution in [0.15, 0.2) is 0 Å². The average Bonchev–Trinajstić information content (AvgIpc) is 1.57. The lowest BCUT2D eigenvalue weighted by Gasteiger charge is -2.03. The molecule has 0 radical (unpaired) electrons. The molecule has 10 heavy (non-hydrogen) atoms. The van der Waals surface area contributed by atoms with Crippen LogP contribution in [0.2, 0.25) is 0 Å². The topological polar surface area (TPSA) is 46.2 Å². The van der Waals surface area contributed by atoms with Gasteiger partial charge in [0.25, 0.3) is 9.24 Å². The molecule has 0 aromatic heterocycles. The zero-order valence-electron chi connectivity index (χ0n) is 4.44. The summed E-state index contributed by atoms with van der Waals surface area (Å²) in [5.41, 5.74) is 0. The van der Waals surface area contributed by atoms with E-state index in [9.17, 15) is 21.6 Å². The van der Waals surface area contributed by atoms with Crippen molar-refractivity contribution >= 4 is 19.9 Å². The summed E-state index contributed by atoms with van der Waals surface area (Å²) in [6.07, 6.45) is -4.57. The van der Waals surface area contributed by atoms with Gasteiger partial charge in [0.1, 0.15) is 6.54 Å². The Morgan fingerprint density at radius 2 is 1.80 bits per heavy atom. The molecular weight excluding hydrogens is 195 g/mol. The Morgan fingerprint density at radius 3 is 1.90 bits per heavy atom. The first-order valence-corrected chi connectivity index (χ1v) is 4.28. The van der Waals surface area contributed by atoms with Gasteiger partial charge >= 0.3 is 6.18 Å². The van der Waals surface area contributed by atoms with Crippen molar-refractivity contribution in [1.82, 2.24) is 4.72 Å². The molecule has 62 valence electrons. The molecule has 0 aliphatic rings. The third-order valence-electron chi connectivity index (χ3n) is 0.445. The van der Waals surface area contributed by atoms with E-state index in [-0.39, 0.29) is 0 Å². The van der Waals surface area contributed by atoms with E-state index in [1.165, 1.54) is 0 Å². The maximum atomic E-state index is 11.2. The van der Waals surface area contributed by atoms with Crippen LogP contribution in [-0.2, 0) is 9.24 Å². The zero-order valence-corrected chi connectivity index (χ0v) is 6.02. The van der Waals surface area contributed by atoms with Gasteiger partial charge in [0.2, 0.25) is 0 Å². The summed E-state index contributed by atoms with van der Waals surface area (Å²) in [6.45, 7) is -1.64. The summed E-state index contributed by atoms with van der Waals surface area (Å²) in [5.74, 6) is 0. The molecule has 0 rings (SSSR count). The third kappa shape index (κ3) is 7.99. The highest BCUT2D eigenvalue weighted by atomic mass is 35.7. The normalized spacial score (nSPS) is 13.6. The van der Waals surface area contributed by atoms with Crippen molar-refractivity contribution in [2.24, 2.45) is 0 Å². The minimum atomic E-state index is -4.57. The van der Waals surface area contributed by atoms with Gasteiger partial charge in [-0.1, -0.05) is 0 Å². The second-order valence-electron chi connectivity index (χ2n) is 1.37. The Balaban J connectivity index is 3.79. The molecule has 0 aromatic rings. The van der Waals surface area contributed by atoms with Crippen molar-refractivity contribution in [3.05, 3.63) is 0 Å². The van der Waals surface area contributed by atoms with E-state index < -0.39 is 22.0 Å². The molecule has 0 aliphatic carbocycles. The number of rotatable bonds is 2. The van der Waals surface area contributed by atoms with Gasteiger partial charge in [0, 0.05) is 10.7 Å². The van der Waals surface area contributed by atoms with Gasteiger partial charge in [-0.3, -0.25) is 0 Å². The number of hydrogen-bond donors (Lipinski definition) is 1. The van der Waals surface area contributed by atoms with Crippen molar-refractivity contribution in [3.63, 3.8) is 0 Å². The minimum Gasteiger partial charge on any atom is -0.195 e. The zero-order chi connectivity index (χ0) is 8.41. The lowest BCUT2D eigenvalue weighted by atomic mass is 10.7. The van der Waals surface area contributed by atoms with Crippen LogP contribution >= 0.6 is 10.7 Å². The highest BCUT2D eigenvalue weighted by Gasteiger charge is 2.28. The Labute approximate surface area is 59.7 Å². The molecule has 0 saturated carbocycles. The van der Waals surface area contributed by atoms with Gasteiger partial charge in [-0.05, 0) is 0 Å². The lowest BCUT2D eigenvalue weighted by Crippen LogP contribution is -2.30. The van der Waals surface area contributed by atoms with Crippen LogP contribution in [0.1, 0.15) is 0 Å². The van der Waals surface area contributed by atoms with Gasteiger partial charge in [0.15, 0.2) is 0 Å². The van der Waals surface area contributed by atoms with E-state index in [4.69, 9.17) is 0 Å². The lowest BCUT2D eigenvalue weighted by molar-refractivity contribution is -0.121. The van der Waals surface area contributed by atoms with Crippen LogP contribution in [0.5, 0.6) is 0 Å². The Bertz CT molecular complexity index is 197. The molecule has 0 aliphatic heterocycles. The van der Waals surface area contributed by atoms with Crippen LogP contribution < -0.4 is 4.72 Å². The summed E-state index contributed by atoms with van der Waals surface area (Å²) in [6, 6.07) is 0. The standard InChI is InChI=1S/C2H3ClF3NO2S/c3-10(8,9)7-1-2(4,5)6/h7H,1H2. The third-order valence-corrected chi connectivity index (χ3v) is 1.26. The summed E-state index contributed by atoms with van der Waals surface area (Å²) in [4.78, 5) is 0. The molecule has 0 atom stereocenters. The van der Waals surface area contributed by atoms with E-state index in [1.807, 2.05) is 0 Å². The number of halogens is 4. The molecule has 0 fully saturated rings. The smallest absolute Gasteiger partial charge is 0.195 e. The van der Waals surface area contributed by atoms with Gasteiger partial charge < -0.3 is 0 Å². The first-order valence-electron chi connectivity index (χ1n) is 1.97. The molecule has 0 aromatic carbocycles. The quantitative estimate of drug-likeness (QED) is 0.660. The SMILES string of the molecule is O=S(=O)(Cl)NCC(F)(F)F. The maximum absolute atomic E-state index is 11.2. The molecule has 0 heterocycles. The fourth-order valence-electron chi connectivity index (χ4n) is 0.168. The Hall–Kier alpha value is -0.0100. The summed E-state index contributed by atoms with van der Waals surface area (Å²) >= 11 is 0. The molecule has 0 spiro atoms. The monoisotopic (exact) mass is 197 g/mol. The molecule has 0 unspecified atom stereocenters. The molecule has 0 amide bonds. The van der Waals surface area contributed by atoms with E-state index in [0.29, 0.717) is 0 Å².